The summed E-state index contributed by atoms with van der Waals surface area (Å²) in [7, 11) is 1.55. The second-order valence-corrected chi connectivity index (χ2v) is 8.01. The van der Waals surface area contributed by atoms with Gasteiger partial charge in [-0.1, -0.05) is 54.1 Å². The van der Waals surface area contributed by atoms with Gasteiger partial charge in [0.25, 0.3) is 11.8 Å². The van der Waals surface area contributed by atoms with E-state index in [0.717, 1.165) is 5.56 Å². The molecule has 2 N–H and O–H groups in total. The van der Waals surface area contributed by atoms with E-state index in [1.165, 1.54) is 34.0 Å². The molecule has 0 aliphatic carbocycles. The highest BCUT2D eigenvalue weighted by molar-refractivity contribution is 6.30. The van der Waals surface area contributed by atoms with Crippen LogP contribution in [0.25, 0.3) is 0 Å². The van der Waals surface area contributed by atoms with Gasteiger partial charge in [0.1, 0.15) is 18.0 Å². The third-order valence-electron chi connectivity index (χ3n) is 5.32. The minimum absolute atomic E-state index is 0.0903. The Kier molecular flexibility index (Phi) is 6.06. The molecule has 0 bridgehead atoms. The first-order chi connectivity index (χ1) is 15.8. The van der Waals surface area contributed by atoms with Crippen LogP contribution in [0, 0.1) is 5.82 Å². The van der Waals surface area contributed by atoms with Crippen molar-refractivity contribution in [1.82, 2.24) is 14.9 Å². The number of carbonyl (C=O) groups excluding carboxylic acids is 2. The van der Waals surface area contributed by atoms with Crippen molar-refractivity contribution in [1.29, 1.82) is 0 Å². The van der Waals surface area contributed by atoms with Crippen molar-refractivity contribution in [3.63, 3.8) is 0 Å². The molecule has 4 rings (SSSR count). The number of amides is 2. The number of fused-ring (bicyclic) bond motifs is 1. The summed E-state index contributed by atoms with van der Waals surface area (Å²) < 4.78 is 15.4. The van der Waals surface area contributed by atoms with Crippen LogP contribution in [0.2, 0.25) is 5.02 Å². The van der Waals surface area contributed by atoms with E-state index >= 15 is 0 Å². The molecule has 0 spiro atoms. The zero-order valence-electron chi connectivity index (χ0n) is 17.6. The Morgan fingerprint density at radius 3 is 2.61 bits per heavy atom. The third-order valence-corrected chi connectivity index (χ3v) is 5.61. The van der Waals surface area contributed by atoms with Gasteiger partial charge in [-0.25, -0.2) is 4.39 Å². The summed E-state index contributed by atoms with van der Waals surface area (Å²) in [5.74, 6) is -2.88. The van der Waals surface area contributed by atoms with Gasteiger partial charge in [-0.2, -0.15) is 0 Å². The van der Waals surface area contributed by atoms with Crippen molar-refractivity contribution >= 4 is 23.4 Å². The number of aromatic hydroxyl groups is 1. The quantitative estimate of drug-likeness (QED) is 0.597. The van der Waals surface area contributed by atoms with Crippen molar-refractivity contribution < 1.29 is 19.1 Å². The number of hydrogen-bond acceptors (Lipinski definition) is 5. The Morgan fingerprint density at radius 1 is 1.15 bits per heavy atom. The lowest BCUT2D eigenvalue weighted by Crippen LogP contribution is -2.52. The van der Waals surface area contributed by atoms with Crippen LogP contribution >= 0.6 is 11.6 Å². The van der Waals surface area contributed by atoms with E-state index in [0.29, 0.717) is 6.54 Å². The van der Waals surface area contributed by atoms with Gasteiger partial charge in [-0.05, 0) is 11.6 Å². The summed E-state index contributed by atoms with van der Waals surface area (Å²) in [6.45, 7) is 0.295. The molecule has 3 aromatic rings. The minimum atomic E-state index is -0.992. The fraction of sp³-hybridized carbons (Fsp3) is 0.174. The molecule has 10 heteroatoms. The van der Waals surface area contributed by atoms with Gasteiger partial charge in [0.05, 0.1) is 11.6 Å². The first kappa shape index (κ1) is 22.3. The molecule has 0 saturated heterocycles. The van der Waals surface area contributed by atoms with Crippen LogP contribution in [0.4, 0.5) is 4.39 Å². The largest absolute Gasteiger partial charge is 0.502 e. The highest BCUT2D eigenvalue weighted by atomic mass is 35.5. The van der Waals surface area contributed by atoms with Crippen LogP contribution in [-0.2, 0) is 13.1 Å². The Morgan fingerprint density at radius 2 is 1.88 bits per heavy atom. The van der Waals surface area contributed by atoms with Gasteiger partial charge >= 0.3 is 0 Å². The molecule has 1 aliphatic heterocycles. The molecule has 0 fully saturated rings. The molecule has 170 valence electrons. The number of benzene rings is 2. The standard InChI is InChI=1S/C23H20ClFN4O4/c1-27-13-28(11-14-6-3-2-4-7-14)29-12-16(20(30)21(31)19(29)23(27)33)22(32)26-10-15-8-5-9-17(24)18(15)25/h2-9,12,31H,10-11,13H2,1H3,(H,26,32). The SMILES string of the molecule is CN1CN(Cc2ccccc2)n2cc(C(=O)NCc3cccc(Cl)c3F)c(=O)c(O)c2C1=O. The van der Waals surface area contributed by atoms with E-state index in [4.69, 9.17) is 11.6 Å². The molecule has 0 saturated carbocycles. The first-order valence-electron chi connectivity index (χ1n) is 10.0. The lowest BCUT2D eigenvalue weighted by Gasteiger charge is -2.38. The molecule has 2 amide bonds. The van der Waals surface area contributed by atoms with E-state index < -0.39 is 28.8 Å². The van der Waals surface area contributed by atoms with Crippen LogP contribution in [0.3, 0.4) is 0 Å². The molecular weight excluding hydrogens is 451 g/mol. The number of rotatable bonds is 5. The smallest absolute Gasteiger partial charge is 0.277 e. The second-order valence-electron chi connectivity index (χ2n) is 7.60. The number of halogens is 2. The van der Waals surface area contributed by atoms with Crippen molar-refractivity contribution in [3.05, 3.63) is 98.2 Å². The van der Waals surface area contributed by atoms with E-state index in [9.17, 15) is 23.9 Å². The maximum atomic E-state index is 14.1. The normalized spacial score (nSPS) is 13.1. The summed E-state index contributed by atoms with van der Waals surface area (Å²) >= 11 is 5.76. The summed E-state index contributed by atoms with van der Waals surface area (Å²) in [5, 5.41) is 14.6. The van der Waals surface area contributed by atoms with E-state index in [1.54, 1.807) is 12.1 Å². The molecule has 1 aromatic heterocycles. The van der Waals surface area contributed by atoms with Gasteiger partial charge < -0.3 is 15.3 Å². The first-order valence-corrected chi connectivity index (χ1v) is 10.4. The Hall–Kier alpha value is -3.85. The summed E-state index contributed by atoms with van der Waals surface area (Å²) in [6, 6.07) is 13.8. The van der Waals surface area contributed by atoms with E-state index in [1.807, 2.05) is 30.3 Å². The zero-order valence-corrected chi connectivity index (χ0v) is 18.3. The van der Waals surface area contributed by atoms with Crippen LogP contribution < -0.4 is 15.8 Å². The zero-order chi connectivity index (χ0) is 23.7. The van der Waals surface area contributed by atoms with Crippen LogP contribution in [0.15, 0.2) is 59.5 Å². The van der Waals surface area contributed by atoms with Crippen LogP contribution in [0.1, 0.15) is 32.0 Å². The molecule has 33 heavy (non-hydrogen) atoms. The van der Waals surface area contributed by atoms with Gasteiger partial charge in [-0.3, -0.25) is 24.1 Å². The average Bonchev–Trinajstić information content (AvgIpc) is 2.80. The number of nitrogens with one attached hydrogen (secondary N) is 1. The van der Waals surface area contributed by atoms with Gasteiger partial charge in [0, 0.05) is 25.4 Å². The number of hydrogen-bond donors (Lipinski definition) is 2. The van der Waals surface area contributed by atoms with E-state index in [-0.39, 0.29) is 35.1 Å². The fourth-order valence-electron chi connectivity index (χ4n) is 3.61. The molecule has 2 heterocycles. The Balaban J connectivity index is 1.69. The van der Waals surface area contributed by atoms with E-state index in [2.05, 4.69) is 5.32 Å². The van der Waals surface area contributed by atoms with Crippen molar-refractivity contribution in [2.75, 3.05) is 18.7 Å². The Labute approximate surface area is 193 Å². The highest BCUT2D eigenvalue weighted by Crippen LogP contribution is 2.22. The topological polar surface area (TPSA) is 94.9 Å². The Bertz CT molecular complexity index is 1300. The summed E-state index contributed by atoms with van der Waals surface area (Å²) in [5.41, 5.74) is -0.544. The maximum Gasteiger partial charge on any atom is 0.277 e. The summed E-state index contributed by atoms with van der Waals surface area (Å²) in [6.07, 6.45) is 1.22. The number of carbonyl (C=O) groups is 2. The van der Waals surface area contributed by atoms with Gasteiger partial charge in [0.15, 0.2) is 11.4 Å². The molecule has 0 unspecified atom stereocenters. The molecule has 1 aliphatic rings. The average molecular weight is 471 g/mol. The van der Waals surface area contributed by atoms with Crippen LogP contribution in [0.5, 0.6) is 5.75 Å². The van der Waals surface area contributed by atoms with Crippen molar-refractivity contribution in [2.24, 2.45) is 0 Å². The predicted octanol–water partition coefficient (Wildman–Crippen LogP) is 2.46. The molecule has 2 aromatic carbocycles. The summed E-state index contributed by atoms with van der Waals surface area (Å²) in [4.78, 5) is 39.5. The second kappa shape index (κ2) is 8.95. The number of nitrogens with zero attached hydrogens (tertiary/aromatic N) is 3. The molecule has 0 atom stereocenters. The van der Waals surface area contributed by atoms with Gasteiger partial charge in [-0.15, -0.1) is 0 Å². The lowest BCUT2D eigenvalue weighted by atomic mass is 10.1. The molecule has 0 radical (unpaired) electrons. The number of pyridine rings is 1. The molecule has 8 nitrogen and oxygen atoms in total. The maximum absolute atomic E-state index is 14.1. The monoisotopic (exact) mass is 470 g/mol. The molecular formula is C23H20ClFN4O4. The van der Waals surface area contributed by atoms with Crippen molar-refractivity contribution in [2.45, 2.75) is 13.1 Å². The van der Waals surface area contributed by atoms with Crippen LogP contribution in [-0.4, -0.2) is 40.2 Å². The fourth-order valence-corrected chi connectivity index (χ4v) is 3.80. The van der Waals surface area contributed by atoms with Gasteiger partial charge in [0.2, 0.25) is 5.43 Å². The third kappa shape index (κ3) is 4.27. The van der Waals surface area contributed by atoms with Crippen molar-refractivity contribution in [3.8, 4) is 5.75 Å². The minimum Gasteiger partial charge on any atom is -0.502 e. The number of aromatic nitrogens is 1. The highest BCUT2D eigenvalue weighted by Gasteiger charge is 2.32. The predicted molar refractivity (Wildman–Crippen MR) is 120 cm³/mol. The lowest BCUT2D eigenvalue weighted by molar-refractivity contribution is 0.0729.